The number of nitrogens with zero attached hydrogens (tertiary/aromatic N) is 3. The van der Waals surface area contributed by atoms with E-state index in [1.807, 2.05) is 13.0 Å². The van der Waals surface area contributed by atoms with Gasteiger partial charge in [-0.25, -0.2) is 4.98 Å². The first-order valence-corrected chi connectivity index (χ1v) is 6.41. The summed E-state index contributed by atoms with van der Waals surface area (Å²) in [7, 11) is 1.78. The molecule has 2 heterocycles. The number of H-pyrrole nitrogens is 1. The van der Waals surface area contributed by atoms with E-state index >= 15 is 0 Å². The largest absolute Gasteiger partial charge is 0.345 e. The molecule has 2 rings (SSSR count). The monoisotopic (exact) mass is 261 g/mol. The van der Waals surface area contributed by atoms with E-state index in [9.17, 15) is 4.79 Å². The molecule has 19 heavy (non-hydrogen) atoms. The van der Waals surface area contributed by atoms with E-state index < -0.39 is 0 Å². The van der Waals surface area contributed by atoms with Crippen molar-refractivity contribution in [3.8, 4) is 0 Å². The molecule has 0 spiro atoms. The van der Waals surface area contributed by atoms with E-state index in [2.05, 4.69) is 27.3 Å². The maximum absolute atomic E-state index is 12.0. The van der Waals surface area contributed by atoms with Crippen molar-refractivity contribution in [1.29, 1.82) is 0 Å². The predicted octanol–water partition coefficient (Wildman–Crippen LogP) is 1.33. The lowest BCUT2D eigenvalue weighted by Crippen LogP contribution is -2.25. The van der Waals surface area contributed by atoms with Gasteiger partial charge < -0.3 is 10.3 Å². The number of amides is 1. The fourth-order valence-corrected chi connectivity index (χ4v) is 1.93. The van der Waals surface area contributed by atoms with Crippen molar-refractivity contribution in [3.63, 3.8) is 0 Å². The maximum atomic E-state index is 12.0. The first-order chi connectivity index (χ1) is 9.10. The number of hydrogen-bond acceptors (Lipinski definition) is 3. The average molecular weight is 261 g/mol. The van der Waals surface area contributed by atoms with Gasteiger partial charge in [-0.3, -0.25) is 9.48 Å². The third-order valence-corrected chi connectivity index (χ3v) is 2.84. The summed E-state index contributed by atoms with van der Waals surface area (Å²) in [6, 6.07) is 1.84. The highest BCUT2D eigenvalue weighted by molar-refractivity contribution is 5.92. The quantitative estimate of drug-likeness (QED) is 0.852. The van der Waals surface area contributed by atoms with Crippen molar-refractivity contribution in [2.45, 2.75) is 33.2 Å². The normalized spacial score (nSPS) is 10.7. The second kappa shape index (κ2) is 5.69. The Bertz CT molecular complexity index is 569. The average Bonchev–Trinajstić information content (AvgIpc) is 2.93. The minimum absolute atomic E-state index is 0.133. The van der Waals surface area contributed by atoms with Gasteiger partial charge in [0.05, 0.1) is 12.2 Å². The second-order valence-electron chi connectivity index (χ2n) is 4.59. The molecule has 2 aromatic heterocycles. The van der Waals surface area contributed by atoms with Crippen LogP contribution in [0, 0.1) is 6.92 Å². The lowest BCUT2D eigenvalue weighted by molar-refractivity contribution is 0.0940. The molecule has 6 nitrogen and oxygen atoms in total. The second-order valence-corrected chi connectivity index (χ2v) is 4.59. The SMILES string of the molecule is CCCc1cc(C(=O)NCc2ncc(C)[nH]2)n(C)n1. The van der Waals surface area contributed by atoms with Gasteiger partial charge in [-0.05, 0) is 19.4 Å². The van der Waals surface area contributed by atoms with Crippen LogP contribution in [-0.2, 0) is 20.0 Å². The zero-order valence-corrected chi connectivity index (χ0v) is 11.5. The van der Waals surface area contributed by atoms with E-state index in [0.717, 1.165) is 30.1 Å². The molecule has 0 fully saturated rings. The number of nitrogens with one attached hydrogen (secondary N) is 2. The van der Waals surface area contributed by atoms with Gasteiger partial charge in [-0.15, -0.1) is 0 Å². The van der Waals surface area contributed by atoms with Crippen LogP contribution in [0.2, 0.25) is 0 Å². The summed E-state index contributed by atoms with van der Waals surface area (Å²) in [5.41, 5.74) is 2.51. The van der Waals surface area contributed by atoms with Crippen molar-refractivity contribution in [1.82, 2.24) is 25.1 Å². The topological polar surface area (TPSA) is 75.6 Å². The Hall–Kier alpha value is -2.11. The standard InChI is InChI=1S/C13H19N5O/c1-4-5-10-6-11(18(3)17-10)13(19)15-8-12-14-7-9(2)16-12/h6-7H,4-5,8H2,1-3H3,(H,14,16)(H,15,19). The van der Waals surface area contributed by atoms with Crippen molar-refractivity contribution in [3.05, 3.63) is 35.2 Å². The summed E-state index contributed by atoms with van der Waals surface area (Å²) in [5.74, 6) is 0.619. The molecule has 0 saturated carbocycles. The Kier molecular flexibility index (Phi) is 3.99. The molecule has 0 radical (unpaired) electrons. The van der Waals surface area contributed by atoms with Crippen LogP contribution in [0.1, 0.15) is 41.0 Å². The summed E-state index contributed by atoms with van der Waals surface area (Å²) in [6.45, 7) is 4.41. The predicted molar refractivity (Wildman–Crippen MR) is 71.7 cm³/mol. The van der Waals surface area contributed by atoms with Crippen LogP contribution >= 0.6 is 0 Å². The Balaban J connectivity index is 1.99. The number of carbonyl (C=O) groups excluding carboxylic acids is 1. The van der Waals surface area contributed by atoms with E-state index in [1.54, 1.807) is 17.9 Å². The van der Waals surface area contributed by atoms with Crippen LogP contribution in [-0.4, -0.2) is 25.7 Å². The molecule has 6 heteroatoms. The van der Waals surface area contributed by atoms with Crippen LogP contribution < -0.4 is 5.32 Å². The zero-order chi connectivity index (χ0) is 13.8. The van der Waals surface area contributed by atoms with Gasteiger partial charge >= 0.3 is 0 Å². The van der Waals surface area contributed by atoms with Gasteiger partial charge in [0.25, 0.3) is 5.91 Å². The fraction of sp³-hybridized carbons (Fsp3) is 0.462. The van der Waals surface area contributed by atoms with E-state index in [-0.39, 0.29) is 5.91 Å². The minimum Gasteiger partial charge on any atom is -0.345 e. The number of aryl methyl sites for hydroxylation is 3. The molecule has 0 atom stereocenters. The first-order valence-electron chi connectivity index (χ1n) is 6.41. The third-order valence-electron chi connectivity index (χ3n) is 2.84. The molecule has 0 saturated heterocycles. The van der Waals surface area contributed by atoms with Crippen LogP contribution in [0.5, 0.6) is 0 Å². The van der Waals surface area contributed by atoms with Gasteiger partial charge in [0.15, 0.2) is 0 Å². The molecular weight excluding hydrogens is 242 g/mol. The van der Waals surface area contributed by atoms with Gasteiger partial charge in [0, 0.05) is 18.9 Å². The van der Waals surface area contributed by atoms with Gasteiger partial charge in [0.1, 0.15) is 11.5 Å². The number of imidazole rings is 1. The maximum Gasteiger partial charge on any atom is 0.269 e. The highest BCUT2D eigenvalue weighted by atomic mass is 16.2. The van der Waals surface area contributed by atoms with Gasteiger partial charge in [0.2, 0.25) is 0 Å². The summed E-state index contributed by atoms with van der Waals surface area (Å²) >= 11 is 0. The molecule has 2 aromatic rings. The number of rotatable bonds is 5. The van der Waals surface area contributed by atoms with E-state index in [0.29, 0.717) is 12.2 Å². The number of hydrogen-bond donors (Lipinski definition) is 2. The van der Waals surface area contributed by atoms with Crippen LogP contribution in [0.3, 0.4) is 0 Å². The molecule has 0 aliphatic heterocycles. The van der Waals surface area contributed by atoms with E-state index in [4.69, 9.17) is 0 Å². The molecule has 0 aliphatic rings. The lowest BCUT2D eigenvalue weighted by Gasteiger charge is -2.03. The Morgan fingerprint density at radius 3 is 2.95 bits per heavy atom. The summed E-state index contributed by atoms with van der Waals surface area (Å²) in [6.07, 6.45) is 3.65. The number of carbonyl (C=O) groups is 1. The Morgan fingerprint density at radius 1 is 1.53 bits per heavy atom. The number of aromatic amines is 1. The lowest BCUT2D eigenvalue weighted by atomic mass is 10.2. The van der Waals surface area contributed by atoms with Crippen molar-refractivity contribution >= 4 is 5.91 Å². The molecule has 0 aliphatic carbocycles. The Labute approximate surface area is 112 Å². The summed E-state index contributed by atoms with van der Waals surface area (Å²) in [4.78, 5) is 19.3. The van der Waals surface area contributed by atoms with E-state index in [1.165, 1.54) is 0 Å². The van der Waals surface area contributed by atoms with Gasteiger partial charge in [-0.1, -0.05) is 13.3 Å². The molecular formula is C13H19N5O. The fourth-order valence-electron chi connectivity index (χ4n) is 1.93. The van der Waals surface area contributed by atoms with Crippen molar-refractivity contribution in [2.75, 3.05) is 0 Å². The Morgan fingerprint density at radius 2 is 2.32 bits per heavy atom. The molecule has 102 valence electrons. The highest BCUT2D eigenvalue weighted by Crippen LogP contribution is 2.06. The van der Waals surface area contributed by atoms with Crippen LogP contribution in [0.15, 0.2) is 12.3 Å². The van der Waals surface area contributed by atoms with Crippen molar-refractivity contribution < 1.29 is 4.79 Å². The van der Waals surface area contributed by atoms with Crippen molar-refractivity contribution in [2.24, 2.45) is 7.05 Å². The van der Waals surface area contributed by atoms with Crippen LogP contribution in [0.25, 0.3) is 0 Å². The smallest absolute Gasteiger partial charge is 0.269 e. The minimum atomic E-state index is -0.133. The summed E-state index contributed by atoms with van der Waals surface area (Å²) in [5, 5.41) is 7.14. The molecule has 0 unspecified atom stereocenters. The molecule has 0 bridgehead atoms. The number of aromatic nitrogens is 4. The molecule has 1 amide bonds. The highest BCUT2D eigenvalue weighted by Gasteiger charge is 2.13. The molecule has 2 N–H and O–H groups in total. The molecule has 0 aromatic carbocycles. The third kappa shape index (κ3) is 3.21. The summed E-state index contributed by atoms with van der Waals surface area (Å²) < 4.78 is 1.62. The first kappa shape index (κ1) is 13.3. The zero-order valence-electron chi connectivity index (χ0n) is 11.5. The van der Waals surface area contributed by atoms with Crippen LogP contribution in [0.4, 0.5) is 0 Å². The van der Waals surface area contributed by atoms with Gasteiger partial charge in [-0.2, -0.15) is 5.10 Å².